The molecular formula is C18H17N3OS. The average molecular weight is 323 g/mol. The van der Waals surface area contributed by atoms with E-state index >= 15 is 0 Å². The number of nitrogens with one attached hydrogen (secondary N) is 2. The summed E-state index contributed by atoms with van der Waals surface area (Å²) in [7, 11) is 0. The fraction of sp³-hybridized carbons (Fsp3) is 0.167. The molecule has 0 aliphatic carbocycles. The van der Waals surface area contributed by atoms with E-state index in [9.17, 15) is 0 Å². The number of aromatic amines is 1. The van der Waals surface area contributed by atoms with Crippen LogP contribution in [0.5, 0.6) is 0 Å². The smallest absolute Gasteiger partial charge is 0.152 e. The lowest BCUT2D eigenvalue weighted by atomic mass is 10.1. The van der Waals surface area contributed by atoms with E-state index in [1.54, 1.807) is 17.5 Å². The van der Waals surface area contributed by atoms with Crippen LogP contribution < -0.4 is 5.32 Å². The Balaban J connectivity index is 1.46. The SMILES string of the molecule is CC(NCc1ccc(-c2ccn[nH]2)o1)c1csc2ccccc12. The summed E-state index contributed by atoms with van der Waals surface area (Å²) in [6.45, 7) is 2.88. The quantitative estimate of drug-likeness (QED) is 0.558. The van der Waals surface area contributed by atoms with E-state index in [4.69, 9.17) is 4.42 Å². The molecule has 2 N–H and O–H groups in total. The van der Waals surface area contributed by atoms with Crippen LogP contribution in [0.15, 0.2) is 58.5 Å². The van der Waals surface area contributed by atoms with Gasteiger partial charge < -0.3 is 9.73 Å². The van der Waals surface area contributed by atoms with Crippen molar-refractivity contribution in [1.82, 2.24) is 15.5 Å². The Kier molecular flexibility index (Phi) is 3.73. The zero-order valence-corrected chi connectivity index (χ0v) is 13.6. The number of fused-ring (bicyclic) bond motifs is 1. The summed E-state index contributed by atoms with van der Waals surface area (Å²) in [4.78, 5) is 0. The molecule has 1 unspecified atom stereocenters. The number of nitrogens with zero attached hydrogens (tertiary/aromatic N) is 1. The van der Waals surface area contributed by atoms with Crippen molar-refractivity contribution in [1.29, 1.82) is 0 Å². The van der Waals surface area contributed by atoms with Crippen LogP contribution in [0.1, 0.15) is 24.3 Å². The topological polar surface area (TPSA) is 53.9 Å². The van der Waals surface area contributed by atoms with Crippen LogP contribution in [0.25, 0.3) is 21.5 Å². The third kappa shape index (κ3) is 2.81. The summed E-state index contributed by atoms with van der Waals surface area (Å²) in [5.41, 5.74) is 2.24. The van der Waals surface area contributed by atoms with Gasteiger partial charge in [-0.05, 0) is 47.5 Å². The van der Waals surface area contributed by atoms with Crippen LogP contribution in [0.2, 0.25) is 0 Å². The lowest BCUT2D eigenvalue weighted by Crippen LogP contribution is -2.17. The van der Waals surface area contributed by atoms with Crippen molar-refractivity contribution in [3.63, 3.8) is 0 Å². The summed E-state index contributed by atoms with van der Waals surface area (Å²) < 4.78 is 7.18. The minimum atomic E-state index is 0.270. The minimum Gasteiger partial charge on any atom is -0.458 e. The van der Waals surface area contributed by atoms with Gasteiger partial charge in [-0.2, -0.15) is 5.10 Å². The third-order valence-electron chi connectivity index (χ3n) is 3.99. The zero-order chi connectivity index (χ0) is 15.6. The van der Waals surface area contributed by atoms with E-state index in [2.05, 4.69) is 52.1 Å². The molecule has 0 bridgehead atoms. The van der Waals surface area contributed by atoms with Gasteiger partial charge in [0.25, 0.3) is 0 Å². The monoisotopic (exact) mass is 323 g/mol. The molecule has 116 valence electrons. The van der Waals surface area contributed by atoms with E-state index < -0.39 is 0 Å². The Labute approximate surface area is 138 Å². The molecule has 0 saturated carbocycles. The van der Waals surface area contributed by atoms with Crippen molar-refractivity contribution < 1.29 is 4.42 Å². The molecular weight excluding hydrogens is 306 g/mol. The van der Waals surface area contributed by atoms with Crippen molar-refractivity contribution in [3.8, 4) is 11.5 Å². The van der Waals surface area contributed by atoms with E-state index in [0.717, 1.165) is 17.2 Å². The van der Waals surface area contributed by atoms with Gasteiger partial charge in [0.2, 0.25) is 0 Å². The summed E-state index contributed by atoms with van der Waals surface area (Å²) in [5.74, 6) is 1.73. The van der Waals surface area contributed by atoms with E-state index in [1.165, 1.54) is 15.6 Å². The molecule has 1 atom stereocenters. The van der Waals surface area contributed by atoms with Gasteiger partial charge in [0.15, 0.2) is 5.76 Å². The molecule has 0 aliphatic rings. The minimum absolute atomic E-state index is 0.270. The van der Waals surface area contributed by atoms with E-state index in [1.807, 2.05) is 18.2 Å². The molecule has 4 nitrogen and oxygen atoms in total. The van der Waals surface area contributed by atoms with Crippen LogP contribution in [-0.4, -0.2) is 10.2 Å². The molecule has 0 fully saturated rings. The lowest BCUT2D eigenvalue weighted by molar-refractivity contribution is 0.468. The van der Waals surface area contributed by atoms with E-state index in [-0.39, 0.29) is 6.04 Å². The fourth-order valence-electron chi connectivity index (χ4n) is 2.71. The third-order valence-corrected chi connectivity index (χ3v) is 4.97. The van der Waals surface area contributed by atoms with Crippen LogP contribution in [0.4, 0.5) is 0 Å². The summed E-state index contributed by atoms with van der Waals surface area (Å²) in [6.07, 6.45) is 1.72. The Bertz CT molecular complexity index is 907. The molecule has 5 heteroatoms. The molecule has 3 heterocycles. The Hall–Kier alpha value is -2.37. The molecule has 3 aromatic heterocycles. The van der Waals surface area contributed by atoms with Gasteiger partial charge >= 0.3 is 0 Å². The highest BCUT2D eigenvalue weighted by Crippen LogP contribution is 2.30. The normalized spacial score (nSPS) is 12.7. The van der Waals surface area contributed by atoms with Crippen LogP contribution in [-0.2, 0) is 6.54 Å². The summed E-state index contributed by atoms with van der Waals surface area (Å²) >= 11 is 1.79. The number of thiophene rings is 1. The molecule has 0 aliphatic heterocycles. The average Bonchev–Trinajstić information content (AvgIpc) is 3.31. The first kappa shape index (κ1) is 14.2. The molecule has 4 aromatic rings. The zero-order valence-electron chi connectivity index (χ0n) is 12.7. The highest BCUT2D eigenvalue weighted by molar-refractivity contribution is 7.17. The second-order valence-corrected chi connectivity index (χ2v) is 6.44. The second-order valence-electron chi connectivity index (χ2n) is 5.53. The van der Waals surface area contributed by atoms with Crippen LogP contribution in [0.3, 0.4) is 0 Å². The first-order chi connectivity index (χ1) is 11.3. The highest BCUT2D eigenvalue weighted by atomic mass is 32.1. The first-order valence-corrected chi connectivity index (χ1v) is 8.47. The van der Waals surface area contributed by atoms with Gasteiger partial charge in [-0.25, -0.2) is 0 Å². The Morgan fingerprint density at radius 3 is 3.00 bits per heavy atom. The van der Waals surface area contributed by atoms with Crippen molar-refractivity contribution in [2.24, 2.45) is 0 Å². The van der Waals surface area contributed by atoms with Crippen molar-refractivity contribution in [2.45, 2.75) is 19.5 Å². The molecule has 1 aromatic carbocycles. The maximum absolute atomic E-state index is 5.85. The number of H-pyrrole nitrogens is 1. The summed E-state index contributed by atoms with van der Waals surface area (Å²) in [5, 5.41) is 14.0. The molecule has 0 radical (unpaired) electrons. The van der Waals surface area contributed by atoms with Gasteiger partial charge in [-0.3, -0.25) is 5.10 Å². The van der Waals surface area contributed by atoms with Gasteiger partial charge in [-0.15, -0.1) is 11.3 Å². The number of hydrogen-bond acceptors (Lipinski definition) is 4. The largest absolute Gasteiger partial charge is 0.458 e. The maximum atomic E-state index is 5.85. The lowest BCUT2D eigenvalue weighted by Gasteiger charge is -2.12. The number of benzene rings is 1. The van der Waals surface area contributed by atoms with E-state index in [0.29, 0.717) is 6.54 Å². The van der Waals surface area contributed by atoms with Crippen molar-refractivity contribution >= 4 is 21.4 Å². The summed E-state index contributed by atoms with van der Waals surface area (Å²) in [6, 6.07) is 14.7. The predicted octanol–water partition coefficient (Wildman–Crippen LogP) is 4.74. The fourth-order valence-corrected chi connectivity index (χ4v) is 3.76. The van der Waals surface area contributed by atoms with Crippen molar-refractivity contribution in [2.75, 3.05) is 0 Å². The molecule has 0 amide bonds. The Morgan fingerprint density at radius 2 is 2.13 bits per heavy atom. The number of aromatic nitrogens is 2. The van der Waals surface area contributed by atoms with Crippen LogP contribution in [0, 0.1) is 0 Å². The maximum Gasteiger partial charge on any atom is 0.152 e. The number of hydrogen-bond donors (Lipinski definition) is 2. The number of rotatable bonds is 5. The van der Waals surface area contributed by atoms with Gasteiger partial charge in [-0.1, -0.05) is 18.2 Å². The molecule has 0 spiro atoms. The first-order valence-electron chi connectivity index (χ1n) is 7.59. The van der Waals surface area contributed by atoms with Gasteiger partial charge in [0.1, 0.15) is 11.5 Å². The Morgan fingerprint density at radius 1 is 1.22 bits per heavy atom. The highest BCUT2D eigenvalue weighted by Gasteiger charge is 2.12. The van der Waals surface area contributed by atoms with Gasteiger partial charge in [0, 0.05) is 16.9 Å². The standard InChI is InChI=1S/C18H17N3OS/c1-12(15-11-23-18-5-3-2-4-14(15)18)19-10-13-6-7-17(22-13)16-8-9-20-21-16/h2-9,11-12,19H,10H2,1H3,(H,20,21). The van der Waals surface area contributed by atoms with Crippen molar-refractivity contribution in [3.05, 3.63) is 65.4 Å². The molecule has 23 heavy (non-hydrogen) atoms. The molecule has 4 rings (SSSR count). The number of furan rings is 1. The van der Waals surface area contributed by atoms with Gasteiger partial charge in [0.05, 0.1) is 6.54 Å². The second kappa shape index (κ2) is 6.02. The molecule has 0 saturated heterocycles. The predicted molar refractivity (Wildman–Crippen MR) is 93.4 cm³/mol. The van der Waals surface area contributed by atoms with Crippen LogP contribution >= 0.6 is 11.3 Å².